The molecule has 1 aromatic rings. The van der Waals surface area contributed by atoms with Crippen LogP contribution in [0.5, 0.6) is 11.5 Å². The van der Waals surface area contributed by atoms with Crippen molar-refractivity contribution in [2.75, 3.05) is 27.9 Å². The molecule has 0 saturated heterocycles. The molecule has 1 aliphatic rings. The van der Waals surface area contributed by atoms with Crippen molar-refractivity contribution in [3.8, 4) is 17.6 Å². The van der Waals surface area contributed by atoms with E-state index in [1.165, 1.54) is 25.2 Å². The zero-order chi connectivity index (χ0) is 19.2. The third-order valence-electron chi connectivity index (χ3n) is 4.85. The van der Waals surface area contributed by atoms with E-state index >= 15 is 0 Å². The molecule has 0 spiro atoms. The number of benzene rings is 1. The fourth-order valence-corrected chi connectivity index (χ4v) is 3.25. The van der Waals surface area contributed by atoms with Gasteiger partial charge in [-0.25, -0.2) is 4.79 Å². The van der Waals surface area contributed by atoms with Crippen LogP contribution in [0, 0.1) is 11.3 Å². The predicted octanol–water partition coefficient (Wildman–Crippen LogP) is 2.55. The Balaban J connectivity index is 2.05. The van der Waals surface area contributed by atoms with Crippen molar-refractivity contribution < 1.29 is 23.8 Å². The molecule has 140 valence electrons. The first-order valence-electron chi connectivity index (χ1n) is 8.55. The van der Waals surface area contributed by atoms with Crippen LogP contribution in [0.1, 0.15) is 42.5 Å². The summed E-state index contributed by atoms with van der Waals surface area (Å²) in [4.78, 5) is 26.2. The Hall–Kier alpha value is -2.75. The van der Waals surface area contributed by atoms with Gasteiger partial charge < -0.3 is 19.1 Å². The Morgan fingerprint density at radius 3 is 2.46 bits per heavy atom. The maximum absolute atomic E-state index is 12.5. The molecule has 1 aliphatic carbocycles. The van der Waals surface area contributed by atoms with Gasteiger partial charge in [0.15, 0.2) is 18.1 Å². The van der Waals surface area contributed by atoms with Crippen LogP contribution < -0.4 is 9.47 Å². The van der Waals surface area contributed by atoms with E-state index in [-0.39, 0.29) is 11.3 Å². The second-order valence-electron chi connectivity index (χ2n) is 6.27. The average molecular weight is 360 g/mol. The number of para-hydroxylation sites is 1. The summed E-state index contributed by atoms with van der Waals surface area (Å²) in [5, 5.41) is 9.56. The fraction of sp³-hybridized carbons (Fsp3) is 0.526. The fourth-order valence-electron chi connectivity index (χ4n) is 3.25. The molecule has 7 nitrogen and oxygen atoms in total. The molecule has 0 radical (unpaired) electrons. The number of esters is 1. The van der Waals surface area contributed by atoms with Crippen LogP contribution in [-0.2, 0) is 9.53 Å². The number of ether oxygens (including phenoxy) is 3. The van der Waals surface area contributed by atoms with Gasteiger partial charge in [0.25, 0.3) is 5.91 Å². The molecular weight excluding hydrogens is 336 g/mol. The Labute approximate surface area is 153 Å². The second-order valence-corrected chi connectivity index (χ2v) is 6.27. The van der Waals surface area contributed by atoms with Crippen molar-refractivity contribution in [1.82, 2.24) is 4.90 Å². The molecule has 2 rings (SSSR count). The average Bonchev–Trinajstić information content (AvgIpc) is 2.70. The van der Waals surface area contributed by atoms with Gasteiger partial charge in [-0.05, 0) is 25.0 Å². The number of rotatable bonds is 6. The quantitative estimate of drug-likeness (QED) is 0.724. The van der Waals surface area contributed by atoms with Crippen LogP contribution in [0.15, 0.2) is 18.2 Å². The number of likely N-dealkylation sites (N-methyl/N-ethyl adjacent to an activating group) is 1. The van der Waals surface area contributed by atoms with Gasteiger partial charge in [0.2, 0.25) is 0 Å². The third-order valence-corrected chi connectivity index (χ3v) is 4.85. The molecule has 0 heterocycles. The Morgan fingerprint density at radius 2 is 1.88 bits per heavy atom. The van der Waals surface area contributed by atoms with Crippen LogP contribution in [0.4, 0.5) is 0 Å². The van der Waals surface area contributed by atoms with Gasteiger partial charge >= 0.3 is 5.97 Å². The highest BCUT2D eigenvalue weighted by Crippen LogP contribution is 2.33. The highest BCUT2D eigenvalue weighted by molar-refractivity contribution is 5.95. The lowest BCUT2D eigenvalue weighted by Gasteiger charge is -2.38. The van der Waals surface area contributed by atoms with Gasteiger partial charge in [0, 0.05) is 7.05 Å². The maximum atomic E-state index is 12.5. The van der Waals surface area contributed by atoms with Crippen molar-refractivity contribution in [1.29, 1.82) is 5.26 Å². The molecule has 26 heavy (non-hydrogen) atoms. The van der Waals surface area contributed by atoms with E-state index in [9.17, 15) is 14.9 Å². The minimum absolute atomic E-state index is 0.176. The molecule has 1 aromatic carbocycles. The van der Waals surface area contributed by atoms with Crippen LogP contribution >= 0.6 is 0 Å². The lowest BCUT2D eigenvalue weighted by Crippen LogP contribution is -2.51. The Kier molecular flexibility index (Phi) is 6.45. The van der Waals surface area contributed by atoms with Crippen LogP contribution in [0.3, 0.4) is 0 Å². The molecular formula is C19H24N2O5. The van der Waals surface area contributed by atoms with Gasteiger partial charge in [-0.15, -0.1) is 0 Å². The van der Waals surface area contributed by atoms with E-state index in [0.717, 1.165) is 19.3 Å². The smallest absolute Gasteiger partial charge is 0.342 e. The molecule has 0 aliphatic heterocycles. The van der Waals surface area contributed by atoms with Crippen molar-refractivity contribution >= 4 is 11.9 Å². The number of carbonyl (C=O) groups is 2. The van der Waals surface area contributed by atoms with Crippen molar-refractivity contribution in [2.45, 2.75) is 37.6 Å². The van der Waals surface area contributed by atoms with Gasteiger partial charge in [-0.1, -0.05) is 25.3 Å². The third kappa shape index (κ3) is 3.90. The van der Waals surface area contributed by atoms with Gasteiger partial charge in [0.05, 0.1) is 20.3 Å². The summed E-state index contributed by atoms with van der Waals surface area (Å²) in [5.41, 5.74) is -0.634. The Bertz CT molecular complexity index is 704. The van der Waals surface area contributed by atoms with E-state index in [1.807, 2.05) is 0 Å². The summed E-state index contributed by atoms with van der Waals surface area (Å²) in [5.74, 6) is -0.432. The monoisotopic (exact) mass is 360 g/mol. The highest BCUT2D eigenvalue weighted by atomic mass is 16.5. The minimum Gasteiger partial charge on any atom is -0.493 e. The normalized spacial score (nSPS) is 15.5. The molecule has 0 aromatic heterocycles. The van der Waals surface area contributed by atoms with Gasteiger partial charge in [0.1, 0.15) is 11.1 Å². The molecule has 1 saturated carbocycles. The molecule has 1 fully saturated rings. The standard InChI is InChI=1S/C19H24N2O5/c1-21(19(13-20)10-5-4-6-11-19)16(22)12-26-18(23)14-8-7-9-15(24-2)17(14)25-3/h7-9H,4-6,10-12H2,1-3H3. The first kappa shape index (κ1) is 19.6. The first-order chi connectivity index (χ1) is 12.5. The van der Waals surface area contributed by atoms with E-state index in [0.29, 0.717) is 18.6 Å². The molecule has 0 atom stereocenters. The molecule has 0 unspecified atom stereocenters. The topological polar surface area (TPSA) is 88.9 Å². The number of nitriles is 1. The number of hydrogen-bond acceptors (Lipinski definition) is 6. The van der Waals surface area contributed by atoms with Crippen LogP contribution in [0.2, 0.25) is 0 Å². The summed E-state index contributed by atoms with van der Waals surface area (Å²) < 4.78 is 15.5. The number of nitrogens with zero attached hydrogens (tertiary/aromatic N) is 2. The van der Waals surface area contributed by atoms with Crippen molar-refractivity contribution in [3.63, 3.8) is 0 Å². The molecule has 1 amide bonds. The number of methoxy groups -OCH3 is 2. The lowest BCUT2D eigenvalue weighted by atomic mass is 9.81. The number of carbonyl (C=O) groups excluding carboxylic acids is 2. The van der Waals surface area contributed by atoms with E-state index in [4.69, 9.17) is 14.2 Å². The summed E-state index contributed by atoms with van der Waals surface area (Å²) in [6, 6.07) is 7.11. The summed E-state index contributed by atoms with van der Waals surface area (Å²) in [6.45, 7) is -0.431. The SMILES string of the molecule is COc1cccc(C(=O)OCC(=O)N(C)C2(C#N)CCCCC2)c1OC. The zero-order valence-electron chi connectivity index (χ0n) is 15.4. The number of amides is 1. The van der Waals surface area contributed by atoms with E-state index in [2.05, 4.69) is 6.07 Å². The molecule has 0 N–H and O–H groups in total. The summed E-state index contributed by atoms with van der Waals surface area (Å²) >= 11 is 0. The van der Waals surface area contributed by atoms with Crippen LogP contribution in [0.25, 0.3) is 0 Å². The summed E-state index contributed by atoms with van der Waals surface area (Å²) in [6.07, 6.45) is 4.17. The van der Waals surface area contributed by atoms with Crippen LogP contribution in [-0.4, -0.2) is 50.2 Å². The van der Waals surface area contributed by atoms with Gasteiger partial charge in [-0.2, -0.15) is 5.26 Å². The second kappa shape index (κ2) is 8.56. The van der Waals surface area contributed by atoms with Crippen molar-refractivity contribution in [2.24, 2.45) is 0 Å². The maximum Gasteiger partial charge on any atom is 0.342 e. The summed E-state index contributed by atoms with van der Waals surface area (Å²) in [7, 11) is 4.49. The van der Waals surface area contributed by atoms with E-state index in [1.54, 1.807) is 19.2 Å². The number of hydrogen-bond donors (Lipinski definition) is 0. The first-order valence-corrected chi connectivity index (χ1v) is 8.55. The predicted molar refractivity (Wildman–Crippen MR) is 94.0 cm³/mol. The van der Waals surface area contributed by atoms with Crippen molar-refractivity contribution in [3.05, 3.63) is 23.8 Å². The molecule has 0 bridgehead atoms. The zero-order valence-corrected chi connectivity index (χ0v) is 15.4. The lowest BCUT2D eigenvalue weighted by molar-refractivity contribution is -0.138. The van der Waals surface area contributed by atoms with Gasteiger partial charge in [-0.3, -0.25) is 4.79 Å². The molecule has 7 heteroatoms. The Morgan fingerprint density at radius 1 is 1.19 bits per heavy atom. The van der Waals surface area contributed by atoms with E-state index < -0.39 is 24.0 Å². The largest absolute Gasteiger partial charge is 0.493 e. The minimum atomic E-state index is -0.810. The highest BCUT2D eigenvalue weighted by Gasteiger charge is 2.39.